The number of carbonyl (C=O) groups excluding carboxylic acids is 3. The summed E-state index contributed by atoms with van der Waals surface area (Å²) in [7, 11) is 0. The van der Waals surface area contributed by atoms with Crippen LogP contribution in [0, 0.1) is 19.3 Å². The number of nitrogens with zero attached hydrogens (tertiary/aromatic N) is 3. The normalized spacial score (nSPS) is 26.9. The number of hydrogen-bond acceptors (Lipinski definition) is 8. The number of ether oxygens (including phenoxy) is 1. The van der Waals surface area contributed by atoms with Crippen molar-refractivity contribution in [2.75, 3.05) is 11.4 Å². The zero-order valence-electron chi connectivity index (χ0n) is 17.7. The van der Waals surface area contributed by atoms with Gasteiger partial charge in [-0.25, -0.2) is 4.79 Å². The molecule has 0 aliphatic carbocycles. The Balaban J connectivity index is 1.70. The summed E-state index contributed by atoms with van der Waals surface area (Å²) >= 11 is 0. The van der Waals surface area contributed by atoms with Gasteiger partial charge in [-0.15, -0.1) is 0 Å². The van der Waals surface area contributed by atoms with E-state index in [0.717, 1.165) is 11.3 Å². The maximum Gasteiger partial charge on any atom is 0.328 e. The summed E-state index contributed by atoms with van der Waals surface area (Å²) in [5.41, 5.74) is 2.08. The van der Waals surface area contributed by atoms with Gasteiger partial charge in [0, 0.05) is 13.0 Å². The fourth-order valence-electron chi connectivity index (χ4n) is 5.28. The third kappa shape index (κ3) is 2.71. The second kappa shape index (κ2) is 6.61. The van der Waals surface area contributed by atoms with Crippen molar-refractivity contribution in [2.24, 2.45) is 5.41 Å². The van der Waals surface area contributed by atoms with Crippen LogP contribution in [0.25, 0.3) is 11.3 Å². The molecular weight excluding hydrogens is 402 g/mol. The molecule has 5 heterocycles. The molecule has 10 heteroatoms. The molecular formula is C21H23N5O5. The Morgan fingerprint density at radius 1 is 1.13 bits per heavy atom. The second-order valence-corrected chi connectivity index (χ2v) is 8.50. The van der Waals surface area contributed by atoms with E-state index >= 15 is 0 Å². The van der Waals surface area contributed by atoms with Crippen LogP contribution in [0.3, 0.4) is 0 Å². The van der Waals surface area contributed by atoms with Crippen LogP contribution in [-0.4, -0.2) is 52.8 Å². The number of amides is 4. The van der Waals surface area contributed by atoms with Crippen LogP contribution in [0.5, 0.6) is 0 Å². The van der Waals surface area contributed by atoms with E-state index in [9.17, 15) is 14.4 Å². The monoisotopic (exact) mass is 425 g/mol. The van der Waals surface area contributed by atoms with Crippen molar-refractivity contribution in [2.45, 2.75) is 52.4 Å². The summed E-state index contributed by atoms with van der Waals surface area (Å²) in [4.78, 5) is 45.0. The van der Waals surface area contributed by atoms with Crippen LogP contribution >= 0.6 is 0 Å². The molecule has 0 bridgehead atoms. The van der Waals surface area contributed by atoms with E-state index in [1.165, 1.54) is 0 Å². The van der Waals surface area contributed by atoms with Crippen molar-refractivity contribution < 1.29 is 23.6 Å². The Morgan fingerprint density at radius 2 is 1.84 bits per heavy atom. The molecule has 0 aromatic carbocycles. The SMILES string of the molecule is Cc1noc(C)c1-c1ccc2c(n1)CC1(C(=O)NC(=O)NC1=O)[C@H]1[C@H](C)O[C@H](C)CN21. The summed E-state index contributed by atoms with van der Waals surface area (Å²) in [6.07, 6.45) is -0.468. The van der Waals surface area contributed by atoms with Gasteiger partial charge in [0.1, 0.15) is 5.76 Å². The topological polar surface area (TPSA) is 127 Å². The van der Waals surface area contributed by atoms with Crippen LogP contribution in [-0.2, 0) is 20.7 Å². The Hall–Kier alpha value is -3.27. The van der Waals surface area contributed by atoms with Crippen molar-refractivity contribution in [3.05, 3.63) is 29.3 Å². The third-order valence-electron chi connectivity index (χ3n) is 6.45. The minimum absolute atomic E-state index is 0.0493. The van der Waals surface area contributed by atoms with Gasteiger partial charge in [-0.1, -0.05) is 5.16 Å². The predicted molar refractivity (Wildman–Crippen MR) is 108 cm³/mol. The van der Waals surface area contributed by atoms with E-state index in [-0.39, 0.29) is 12.5 Å². The summed E-state index contributed by atoms with van der Waals surface area (Å²) in [5.74, 6) is -0.617. The lowest BCUT2D eigenvalue weighted by molar-refractivity contribution is -0.153. The molecule has 2 aromatic rings. The number of nitrogens with one attached hydrogen (secondary N) is 2. The highest BCUT2D eigenvalue weighted by atomic mass is 16.5. The highest BCUT2D eigenvalue weighted by Crippen LogP contribution is 2.46. The average Bonchev–Trinajstić information content (AvgIpc) is 3.03. The highest BCUT2D eigenvalue weighted by Gasteiger charge is 2.63. The number of rotatable bonds is 1. The lowest BCUT2D eigenvalue weighted by Gasteiger charge is -2.55. The maximum absolute atomic E-state index is 13.2. The standard InChI is InChI=1S/C21H23N5O5/c1-9-8-26-15-6-5-13(16-10(2)25-31-11(16)3)22-14(15)7-21(17(26)12(4)30-9)18(27)23-20(29)24-19(21)28/h5-6,9,12,17H,7-8H2,1-4H3,(H2,23,24,27,28,29)/t9-,12+,17-/m1/s1. The molecule has 0 radical (unpaired) electrons. The average molecular weight is 425 g/mol. The number of hydrogen-bond donors (Lipinski definition) is 2. The zero-order valence-corrected chi connectivity index (χ0v) is 17.7. The molecule has 10 nitrogen and oxygen atoms in total. The van der Waals surface area contributed by atoms with Gasteiger partial charge >= 0.3 is 6.03 Å². The van der Waals surface area contributed by atoms with Crippen LogP contribution in [0.2, 0.25) is 0 Å². The summed E-state index contributed by atoms with van der Waals surface area (Å²) < 4.78 is 11.3. The van der Waals surface area contributed by atoms with Gasteiger partial charge in [0.2, 0.25) is 11.8 Å². The van der Waals surface area contributed by atoms with Gasteiger partial charge in [0.15, 0.2) is 5.41 Å². The number of pyridine rings is 1. The van der Waals surface area contributed by atoms with E-state index in [4.69, 9.17) is 14.2 Å². The first-order chi connectivity index (χ1) is 14.7. The van der Waals surface area contributed by atoms with Gasteiger partial charge in [-0.2, -0.15) is 0 Å². The number of aryl methyl sites for hydroxylation is 2. The Morgan fingerprint density at radius 3 is 2.48 bits per heavy atom. The van der Waals surface area contributed by atoms with Gasteiger partial charge < -0.3 is 14.2 Å². The number of carbonyl (C=O) groups is 3. The molecule has 162 valence electrons. The first-order valence-electron chi connectivity index (χ1n) is 10.2. The van der Waals surface area contributed by atoms with Crippen molar-refractivity contribution >= 4 is 23.5 Å². The smallest absolute Gasteiger partial charge is 0.328 e. The van der Waals surface area contributed by atoms with Crippen molar-refractivity contribution in [3.63, 3.8) is 0 Å². The maximum atomic E-state index is 13.2. The number of anilines is 1. The number of imide groups is 2. The minimum Gasteiger partial charge on any atom is -0.372 e. The molecule has 3 aliphatic rings. The Bertz CT molecular complexity index is 1090. The molecule has 5 rings (SSSR count). The first kappa shape index (κ1) is 19.7. The van der Waals surface area contributed by atoms with Crippen molar-refractivity contribution in [1.82, 2.24) is 20.8 Å². The number of aromatic nitrogens is 2. The van der Waals surface area contributed by atoms with Crippen LogP contribution in [0.15, 0.2) is 16.7 Å². The van der Waals surface area contributed by atoms with E-state index in [0.29, 0.717) is 29.4 Å². The summed E-state index contributed by atoms with van der Waals surface area (Å²) in [6, 6.07) is 2.47. The second-order valence-electron chi connectivity index (χ2n) is 8.50. The third-order valence-corrected chi connectivity index (χ3v) is 6.45. The van der Waals surface area contributed by atoms with Crippen LogP contribution < -0.4 is 15.5 Å². The van der Waals surface area contributed by atoms with Gasteiger partial charge in [0.25, 0.3) is 0 Å². The van der Waals surface area contributed by atoms with Crippen LogP contribution in [0.1, 0.15) is 31.0 Å². The highest BCUT2D eigenvalue weighted by molar-refractivity contribution is 6.20. The Kier molecular flexibility index (Phi) is 4.20. The molecule has 2 N–H and O–H groups in total. The lowest BCUT2D eigenvalue weighted by atomic mass is 9.67. The minimum atomic E-state index is -1.54. The molecule has 2 saturated heterocycles. The largest absolute Gasteiger partial charge is 0.372 e. The van der Waals surface area contributed by atoms with E-state index < -0.39 is 35.4 Å². The van der Waals surface area contributed by atoms with Crippen molar-refractivity contribution in [3.8, 4) is 11.3 Å². The molecule has 2 aromatic heterocycles. The van der Waals surface area contributed by atoms with E-state index in [2.05, 4.69) is 15.8 Å². The number of barbiturate groups is 1. The van der Waals surface area contributed by atoms with Gasteiger partial charge in [-0.05, 0) is 39.8 Å². The Labute approximate surface area is 178 Å². The zero-order chi connectivity index (χ0) is 22.1. The van der Waals surface area contributed by atoms with Crippen LogP contribution in [0.4, 0.5) is 10.5 Å². The lowest BCUT2D eigenvalue weighted by Crippen LogP contribution is -2.75. The van der Waals surface area contributed by atoms with Gasteiger partial charge in [-0.3, -0.25) is 25.2 Å². The fraction of sp³-hybridized carbons (Fsp3) is 0.476. The molecule has 1 spiro atoms. The molecule has 0 saturated carbocycles. The summed E-state index contributed by atoms with van der Waals surface area (Å²) in [5, 5.41) is 8.56. The molecule has 0 unspecified atom stereocenters. The number of morpholine rings is 1. The predicted octanol–water partition coefficient (Wildman–Crippen LogP) is 1.24. The van der Waals surface area contributed by atoms with E-state index in [1.807, 2.05) is 44.7 Å². The molecule has 3 atom stereocenters. The van der Waals surface area contributed by atoms with Crippen molar-refractivity contribution in [1.29, 1.82) is 0 Å². The number of fused-ring (bicyclic) bond motifs is 4. The first-order valence-corrected chi connectivity index (χ1v) is 10.2. The quantitative estimate of drug-likeness (QED) is 0.654. The van der Waals surface area contributed by atoms with Gasteiger partial charge in [0.05, 0.1) is 46.6 Å². The molecule has 4 amide bonds. The van der Waals surface area contributed by atoms with E-state index in [1.54, 1.807) is 0 Å². The number of urea groups is 1. The fourth-order valence-corrected chi connectivity index (χ4v) is 5.28. The molecule has 2 fully saturated rings. The summed E-state index contributed by atoms with van der Waals surface area (Å²) in [6.45, 7) is 7.94. The molecule has 31 heavy (non-hydrogen) atoms. The molecule has 3 aliphatic heterocycles.